The molecular weight excluding hydrogens is 460 g/mol. The van der Waals surface area contributed by atoms with E-state index in [0.717, 1.165) is 15.8 Å². The van der Waals surface area contributed by atoms with Crippen LogP contribution in [0.5, 0.6) is 5.75 Å². The monoisotopic (exact) mass is 476 g/mol. The third-order valence-corrected chi connectivity index (χ3v) is 5.70. The minimum absolute atomic E-state index is 0.124. The Bertz CT molecular complexity index is 927. The highest BCUT2D eigenvalue weighted by atomic mass is 79.9. The van der Waals surface area contributed by atoms with Crippen LogP contribution < -0.4 is 10.1 Å². The van der Waals surface area contributed by atoms with Crippen LogP contribution in [0.1, 0.15) is 12.5 Å². The van der Waals surface area contributed by atoms with Gasteiger partial charge in [-0.25, -0.2) is 0 Å². The second kappa shape index (κ2) is 9.36. The Hall–Kier alpha value is -2.16. The molecule has 0 aliphatic carbocycles. The maximum atomic E-state index is 12.7. The number of benzene rings is 2. The van der Waals surface area contributed by atoms with Crippen LogP contribution in [0.4, 0.5) is 5.69 Å². The van der Waals surface area contributed by atoms with Crippen molar-refractivity contribution >= 4 is 67.8 Å². The van der Waals surface area contributed by atoms with E-state index in [-0.39, 0.29) is 18.4 Å². The summed E-state index contributed by atoms with van der Waals surface area (Å²) in [7, 11) is 0. The fraction of sp³-hybridized carbons (Fsp3) is 0.150. The fourth-order valence-electron chi connectivity index (χ4n) is 2.49. The average molecular weight is 477 g/mol. The lowest BCUT2D eigenvalue weighted by Gasteiger charge is -2.14. The van der Waals surface area contributed by atoms with E-state index < -0.39 is 0 Å². The number of ether oxygens (including phenoxy) is 1. The van der Waals surface area contributed by atoms with Gasteiger partial charge in [-0.2, -0.15) is 0 Å². The molecule has 1 aliphatic rings. The highest BCUT2D eigenvalue weighted by molar-refractivity contribution is 9.10. The molecule has 1 fully saturated rings. The summed E-state index contributed by atoms with van der Waals surface area (Å²) in [5.74, 6) is 0.201. The van der Waals surface area contributed by atoms with Gasteiger partial charge in [-0.05, 0) is 55.0 Å². The van der Waals surface area contributed by atoms with E-state index in [9.17, 15) is 9.59 Å². The summed E-state index contributed by atoms with van der Waals surface area (Å²) in [6, 6.07) is 14.7. The van der Waals surface area contributed by atoms with Gasteiger partial charge in [0.2, 0.25) is 5.91 Å². The summed E-state index contributed by atoms with van der Waals surface area (Å²) in [6.07, 6.45) is 1.77. The lowest BCUT2D eigenvalue weighted by molar-refractivity contribution is -0.126. The van der Waals surface area contributed by atoms with E-state index >= 15 is 0 Å². The molecule has 2 amide bonds. The molecule has 0 aromatic heterocycles. The third kappa shape index (κ3) is 5.21. The molecule has 8 heteroatoms. The van der Waals surface area contributed by atoms with Crippen molar-refractivity contribution in [2.75, 3.05) is 18.5 Å². The molecule has 5 nitrogen and oxygen atoms in total. The van der Waals surface area contributed by atoms with Crippen molar-refractivity contribution in [2.24, 2.45) is 0 Å². The molecule has 2 aromatic carbocycles. The van der Waals surface area contributed by atoms with Crippen LogP contribution >= 0.6 is 39.9 Å². The van der Waals surface area contributed by atoms with Crippen LogP contribution in [-0.4, -0.2) is 34.2 Å². The summed E-state index contributed by atoms with van der Waals surface area (Å²) in [5, 5.41) is 2.76. The zero-order chi connectivity index (χ0) is 20.1. The number of nitrogens with zero attached hydrogens (tertiary/aromatic N) is 1. The first-order valence-corrected chi connectivity index (χ1v) is 10.5. The van der Waals surface area contributed by atoms with Gasteiger partial charge in [0, 0.05) is 10.2 Å². The molecule has 0 saturated carbocycles. The van der Waals surface area contributed by atoms with Crippen LogP contribution in [0.2, 0.25) is 0 Å². The zero-order valence-corrected chi connectivity index (χ0v) is 18.2. The molecule has 0 unspecified atom stereocenters. The van der Waals surface area contributed by atoms with E-state index in [0.29, 0.717) is 21.5 Å². The highest BCUT2D eigenvalue weighted by Crippen LogP contribution is 2.32. The molecule has 144 valence electrons. The fourth-order valence-corrected chi connectivity index (χ4v) is 4.01. The number of rotatable bonds is 6. The lowest BCUT2D eigenvalue weighted by atomic mass is 10.2. The summed E-state index contributed by atoms with van der Waals surface area (Å²) in [4.78, 5) is 26.8. The van der Waals surface area contributed by atoms with Crippen molar-refractivity contribution in [1.29, 1.82) is 0 Å². The number of thiocarbonyl (C=S) groups is 1. The van der Waals surface area contributed by atoms with Gasteiger partial charge in [0.15, 0.2) is 0 Å². The molecule has 0 spiro atoms. The van der Waals surface area contributed by atoms with Gasteiger partial charge < -0.3 is 10.1 Å². The molecule has 28 heavy (non-hydrogen) atoms. The molecule has 1 saturated heterocycles. The van der Waals surface area contributed by atoms with Gasteiger partial charge in [0.05, 0.1) is 11.5 Å². The van der Waals surface area contributed by atoms with Crippen molar-refractivity contribution in [3.8, 4) is 5.75 Å². The molecule has 1 aliphatic heterocycles. The highest BCUT2D eigenvalue weighted by Gasteiger charge is 2.33. The first kappa shape index (κ1) is 20.6. The Morgan fingerprint density at radius 3 is 2.54 bits per heavy atom. The number of hydrogen-bond donors (Lipinski definition) is 1. The van der Waals surface area contributed by atoms with Gasteiger partial charge in [-0.3, -0.25) is 14.5 Å². The number of halogens is 1. The maximum absolute atomic E-state index is 12.7. The van der Waals surface area contributed by atoms with Crippen LogP contribution in [0.3, 0.4) is 0 Å². The summed E-state index contributed by atoms with van der Waals surface area (Å²) in [5.41, 5.74) is 1.52. The van der Waals surface area contributed by atoms with Crippen molar-refractivity contribution in [3.63, 3.8) is 0 Å². The quantitative estimate of drug-likeness (QED) is 0.484. The normalized spacial score (nSPS) is 15.2. The second-order valence-corrected chi connectivity index (χ2v) is 8.42. The molecular formula is C20H17BrN2O3S2. The minimum Gasteiger partial charge on any atom is -0.494 e. The third-order valence-electron chi connectivity index (χ3n) is 3.79. The number of hydrogen-bond acceptors (Lipinski definition) is 5. The molecule has 2 aromatic rings. The number of carbonyl (C=O) groups is 2. The Morgan fingerprint density at radius 1 is 1.21 bits per heavy atom. The average Bonchev–Trinajstić information content (AvgIpc) is 2.93. The van der Waals surface area contributed by atoms with Crippen LogP contribution in [0.15, 0.2) is 57.9 Å². The minimum atomic E-state index is -0.305. The van der Waals surface area contributed by atoms with E-state index in [1.165, 1.54) is 16.7 Å². The second-order valence-electron chi connectivity index (χ2n) is 5.82. The van der Waals surface area contributed by atoms with Crippen molar-refractivity contribution in [2.45, 2.75) is 6.92 Å². The number of nitrogens with one attached hydrogen (secondary N) is 1. The summed E-state index contributed by atoms with van der Waals surface area (Å²) < 4.78 is 6.70. The largest absolute Gasteiger partial charge is 0.494 e. The van der Waals surface area contributed by atoms with Crippen molar-refractivity contribution < 1.29 is 14.3 Å². The van der Waals surface area contributed by atoms with Gasteiger partial charge >= 0.3 is 0 Å². The smallest absolute Gasteiger partial charge is 0.266 e. The van der Waals surface area contributed by atoms with Crippen molar-refractivity contribution in [3.05, 3.63) is 63.5 Å². The Kier molecular flexibility index (Phi) is 6.88. The Morgan fingerprint density at radius 2 is 1.89 bits per heavy atom. The van der Waals surface area contributed by atoms with E-state index in [4.69, 9.17) is 17.0 Å². The Balaban J connectivity index is 1.65. The van der Waals surface area contributed by atoms with Crippen LogP contribution in [0, 0.1) is 0 Å². The van der Waals surface area contributed by atoms with Gasteiger partial charge in [-0.15, -0.1) is 0 Å². The van der Waals surface area contributed by atoms with Gasteiger partial charge in [0.25, 0.3) is 5.91 Å². The topological polar surface area (TPSA) is 58.6 Å². The molecule has 0 atom stereocenters. The number of carbonyl (C=O) groups excluding carboxylic acids is 2. The molecule has 3 rings (SSSR count). The van der Waals surface area contributed by atoms with Crippen molar-refractivity contribution in [1.82, 2.24) is 4.90 Å². The summed E-state index contributed by atoms with van der Waals surface area (Å²) in [6.45, 7) is 2.40. The first-order valence-electron chi connectivity index (χ1n) is 8.50. The van der Waals surface area contributed by atoms with E-state index in [1.54, 1.807) is 18.2 Å². The van der Waals surface area contributed by atoms with Crippen LogP contribution in [0.25, 0.3) is 6.08 Å². The zero-order valence-electron chi connectivity index (χ0n) is 15.0. The summed E-state index contributed by atoms with van der Waals surface area (Å²) >= 11 is 9.83. The predicted molar refractivity (Wildman–Crippen MR) is 120 cm³/mol. The molecule has 1 heterocycles. The molecule has 1 N–H and O–H groups in total. The number of thioether (sulfide) groups is 1. The molecule has 0 radical (unpaired) electrons. The first-order chi connectivity index (χ1) is 13.5. The van der Waals surface area contributed by atoms with E-state index in [2.05, 4.69) is 21.2 Å². The maximum Gasteiger partial charge on any atom is 0.266 e. The molecule has 0 bridgehead atoms. The van der Waals surface area contributed by atoms with Crippen LogP contribution in [-0.2, 0) is 9.59 Å². The lowest BCUT2D eigenvalue weighted by Crippen LogP contribution is -2.36. The SMILES string of the molecule is CCOc1ccc(/C=C2\SC(=S)N(CC(=O)Nc3ccc(Br)cc3)C2=O)cc1. The predicted octanol–water partition coefficient (Wildman–Crippen LogP) is 4.69. The number of anilines is 1. The van der Waals surface area contributed by atoms with E-state index in [1.807, 2.05) is 43.3 Å². The Labute approximate surface area is 181 Å². The number of amides is 2. The van der Waals surface area contributed by atoms with Gasteiger partial charge in [0.1, 0.15) is 16.6 Å². The standard InChI is InChI=1S/C20H17BrN2O3S2/c1-2-26-16-9-3-13(4-10-16)11-17-19(25)23(20(27)28-17)12-18(24)22-15-7-5-14(21)6-8-15/h3-11H,2,12H2,1H3,(H,22,24)/b17-11-. The van der Waals surface area contributed by atoms with Gasteiger partial charge in [-0.1, -0.05) is 52.0 Å².